The second kappa shape index (κ2) is 8.77. The van der Waals surface area contributed by atoms with Gasteiger partial charge in [0.25, 0.3) is 5.91 Å². The maximum atomic E-state index is 12.8. The Morgan fingerprint density at radius 2 is 1.59 bits per heavy atom. The second-order valence-corrected chi connectivity index (χ2v) is 6.81. The number of carboxylic acid groups (broad SMARTS) is 1. The number of para-hydroxylation sites is 1. The van der Waals surface area contributed by atoms with Gasteiger partial charge in [0.05, 0.1) is 11.3 Å². The lowest BCUT2D eigenvalue weighted by Crippen LogP contribution is -2.14. The minimum absolute atomic E-state index is 0.231. The molecular formula is C22H19ClN2O4. The average molecular weight is 411 g/mol. The highest BCUT2D eigenvalue weighted by Crippen LogP contribution is 2.28. The second-order valence-electron chi connectivity index (χ2n) is 6.40. The fraction of sp³-hybridized carbons (Fsp3) is 0.0909. The van der Waals surface area contributed by atoms with Gasteiger partial charge in [0, 0.05) is 16.4 Å². The number of anilines is 3. The maximum Gasteiger partial charge on any atom is 0.337 e. The van der Waals surface area contributed by atoms with Gasteiger partial charge in [0.15, 0.2) is 6.10 Å². The summed E-state index contributed by atoms with van der Waals surface area (Å²) in [6.07, 6.45) is -1.61. The third-order valence-electron chi connectivity index (χ3n) is 4.43. The highest BCUT2D eigenvalue weighted by atomic mass is 35.5. The van der Waals surface area contributed by atoms with Gasteiger partial charge in [-0.2, -0.15) is 0 Å². The number of hydrogen-bond acceptors (Lipinski definition) is 4. The van der Waals surface area contributed by atoms with Crippen LogP contribution in [0, 0.1) is 6.92 Å². The van der Waals surface area contributed by atoms with Crippen LogP contribution in [0.4, 0.5) is 17.1 Å². The lowest BCUT2D eigenvalue weighted by Gasteiger charge is -2.15. The molecule has 148 valence electrons. The number of carboxylic acids is 1. The Morgan fingerprint density at radius 3 is 2.28 bits per heavy atom. The number of carbonyl (C=O) groups excluding carboxylic acids is 1. The third-order valence-corrected chi connectivity index (χ3v) is 4.84. The molecule has 0 aliphatic rings. The van der Waals surface area contributed by atoms with Gasteiger partial charge in [-0.15, -0.1) is 0 Å². The number of rotatable bonds is 6. The molecule has 7 heteroatoms. The molecule has 6 nitrogen and oxygen atoms in total. The van der Waals surface area contributed by atoms with Gasteiger partial charge in [-0.1, -0.05) is 41.9 Å². The number of aliphatic hydroxyl groups is 1. The monoisotopic (exact) mass is 410 g/mol. The number of benzene rings is 3. The highest BCUT2D eigenvalue weighted by molar-refractivity contribution is 6.31. The molecule has 0 fully saturated rings. The predicted octanol–water partition coefficient (Wildman–Crippen LogP) is 4.76. The molecule has 1 unspecified atom stereocenters. The van der Waals surface area contributed by atoms with Gasteiger partial charge >= 0.3 is 5.97 Å². The van der Waals surface area contributed by atoms with E-state index in [1.54, 1.807) is 24.3 Å². The maximum absolute atomic E-state index is 12.8. The number of hydrogen-bond donors (Lipinski definition) is 4. The van der Waals surface area contributed by atoms with E-state index in [0.29, 0.717) is 22.0 Å². The Bertz CT molecular complexity index is 1050. The van der Waals surface area contributed by atoms with Crippen molar-refractivity contribution in [3.05, 3.63) is 88.4 Å². The van der Waals surface area contributed by atoms with E-state index in [0.717, 1.165) is 11.3 Å². The van der Waals surface area contributed by atoms with Crippen LogP contribution in [0.3, 0.4) is 0 Å². The molecule has 0 radical (unpaired) electrons. The minimum atomic E-state index is -1.61. The van der Waals surface area contributed by atoms with Crippen molar-refractivity contribution in [2.24, 2.45) is 0 Å². The summed E-state index contributed by atoms with van der Waals surface area (Å²) in [5.41, 5.74) is 3.43. The summed E-state index contributed by atoms with van der Waals surface area (Å²) >= 11 is 6.17. The molecular weight excluding hydrogens is 392 g/mol. The summed E-state index contributed by atoms with van der Waals surface area (Å²) in [5.74, 6) is -1.67. The molecule has 3 aromatic rings. The number of halogens is 1. The Balaban J connectivity index is 1.80. The first-order valence-corrected chi connectivity index (χ1v) is 9.18. The van der Waals surface area contributed by atoms with Crippen molar-refractivity contribution in [3.8, 4) is 0 Å². The van der Waals surface area contributed by atoms with E-state index >= 15 is 0 Å². The van der Waals surface area contributed by atoms with Crippen LogP contribution in [0.15, 0.2) is 66.7 Å². The molecule has 1 amide bonds. The molecule has 3 aromatic carbocycles. The molecule has 4 N–H and O–H groups in total. The van der Waals surface area contributed by atoms with Gasteiger partial charge < -0.3 is 20.8 Å². The van der Waals surface area contributed by atoms with Crippen LogP contribution < -0.4 is 10.6 Å². The Morgan fingerprint density at radius 1 is 0.931 bits per heavy atom. The topological polar surface area (TPSA) is 98.7 Å². The minimum Gasteiger partial charge on any atom is -0.479 e. The Labute approximate surface area is 172 Å². The van der Waals surface area contributed by atoms with E-state index < -0.39 is 12.1 Å². The van der Waals surface area contributed by atoms with Crippen molar-refractivity contribution in [3.63, 3.8) is 0 Å². The molecule has 0 saturated carbocycles. The summed E-state index contributed by atoms with van der Waals surface area (Å²) in [7, 11) is 0. The molecule has 0 saturated heterocycles. The first-order valence-electron chi connectivity index (χ1n) is 8.80. The molecule has 1 atom stereocenters. The van der Waals surface area contributed by atoms with Crippen molar-refractivity contribution in [2.75, 3.05) is 10.6 Å². The Hall–Kier alpha value is -3.35. The van der Waals surface area contributed by atoms with Crippen LogP contribution >= 0.6 is 11.6 Å². The molecule has 0 aliphatic heterocycles. The van der Waals surface area contributed by atoms with E-state index in [1.807, 2.05) is 25.1 Å². The smallest absolute Gasteiger partial charge is 0.337 e. The van der Waals surface area contributed by atoms with Crippen LogP contribution in [-0.4, -0.2) is 22.1 Å². The molecule has 0 bridgehead atoms. The number of aliphatic hydroxyl groups excluding tert-OH is 1. The lowest BCUT2D eigenvalue weighted by atomic mass is 10.1. The Kier molecular flexibility index (Phi) is 6.16. The van der Waals surface area contributed by atoms with E-state index in [4.69, 9.17) is 16.7 Å². The zero-order valence-electron chi connectivity index (χ0n) is 15.5. The number of aliphatic carboxylic acids is 1. The molecule has 0 aromatic heterocycles. The van der Waals surface area contributed by atoms with Crippen LogP contribution in [-0.2, 0) is 4.79 Å². The average Bonchev–Trinajstić information content (AvgIpc) is 2.71. The van der Waals surface area contributed by atoms with Crippen molar-refractivity contribution < 1.29 is 19.8 Å². The lowest BCUT2D eigenvalue weighted by molar-refractivity contribution is -0.146. The molecule has 0 heterocycles. The molecule has 3 rings (SSSR count). The molecule has 0 spiro atoms. The number of amides is 1. The van der Waals surface area contributed by atoms with Crippen molar-refractivity contribution in [1.29, 1.82) is 0 Å². The molecule has 29 heavy (non-hydrogen) atoms. The van der Waals surface area contributed by atoms with Gasteiger partial charge in [-0.05, 0) is 54.4 Å². The summed E-state index contributed by atoms with van der Waals surface area (Å²) in [6, 6.07) is 18.6. The standard InChI is InChI=1S/C22H19ClN2O4/c1-13-17(23)6-4-8-18(13)25-19-7-3-2-5-16(19)21(27)24-15-11-9-14(10-12-15)20(26)22(28)29/h2-12,20,25-26H,1H3,(H,24,27)(H,28,29). The summed E-state index contributed by atoms with van der Waals surface area (Å²) in [5, 5.41) is 25.1. The highest BCUT2D eigenvalue weighted by Gasteiger charge is 2.16. The molecule has 0 aliphatic carbocycles. The number of nitrogens with one attached hydrogen (secondary N) is 2. The van der Waals surface area contributed by atoms with Gasteiger partial charge in [-0.3, -0.25) is 4.79 Å². The summed E-state index contributed by atoms with van der Waals surface area (Å²) < 4.78 is 0. The van der Waals surface area contributed by atoms with Crippen molar-refractivity contribution in [1.82, 2.24) is 0 Å². The van der Waals surface area contributed by atoms with Crippen LogP contribution in [0.1, 0.15) is 27.6 Å². The van der Waals surface area contributed by atoms with Crippen LogP contribution in [0.5, 0.6) is 0 Å². The van der Waals surface area contributed by atoms with E-state index in [9.17, 15) is 14.7 Å². The fourth-order valence-electron chi connectivity index (χ4n) is 2.77. The quantitative estimate of drug-likeness (QED) is 0.469. The SMILES string of the molecule is Cc1c(Cl)cccc1Nc1ccccc1C(=O)Nc1ccc(C(O)C(=O)O)cc1. The normalized spacial score (nSPS) is 11.6. The first kappa shape index (κ1) is 20.4. The third kappa shape index (κ3) is 4.74. The first-order chi connectivity index (χ1) is 13.9. The van der Waals surface area contributed by atoms with Crippen molar-refractivity contribution in [2.45, 2.75) is 13.0 Å². The van der Waals surface area contributed by atoms with E-state index in [2.05, 4.69) is 10.6 Å². The van der Waals surface area contributed by atoms with Crippen LogP contribution in [0.2, 0.25) is 5.02 Å². The van der Waals surface area contributed by atoms with Crippen molar-refractivity contribution >= 4 is 40.5 Å². The fourth-order valence-corrected chi connectivity index (χ4v) is 2.94. The van der Waals surface area contributed by atoms with Gasteiger partial charge in [-0.25, -0.2) is 4.79 Å². The largest absolute Gasteiger partial charge is 0.479 e. The predicted molar refractivity (Wildman–Crippen MR) is 113 cm³/mol. The van der Waals surface area contributed by atoms with E-state index in [1.165, 1.54) is 24.3 Å². The summed E-state index contributed by atoms with van der Waals surface area (Å²) in [4.78, 5) is 23.6. The zero-order valence-corrected chi connectivity index (χ0v) is 16.3. The van der Waals surface area contributed by atoms with Gasteiger partial charge in [0.1, 0.15) is 0 Å². The number of carbonyl (C=O) groups is 2. The van der Waals surface area contributed by atoms with Gasteiger partial charge in [0.2, 0.25) is 0 Å². The summed E-state index contributed by atoms with van der Waals surface area (Å²) in [6.45, 7) is 1.89. The van der Waals surface area contributed by atoms with Crippen LogP contribution in [0.25, 0.3) is 0 Å². The zero-order chi connectivity index (χ0) is 21.0. The van der Waals surface area contributed by atoms with E-state index in [-0.39, 0.29) is 11.5 Å².